The lowest BCUT2D eigenvalue weighted by Gasteiger charge is -2.09. The van der Waals surface area contributed by atoms with Gasteiger partial charge in [-0.3, -0.25) is 4.79 Å². The molecule has 132 valence electrons. The van der Waals surface area contributed by atoms with E-state index in [1.54, 1.807) is 24.3 Å². The number of anilines is 1. The second-order valence-electron chi connectivity index (χ2n) is 6.07. The fraction of sp³-hybridized carbons (Fsp3) is 0.150. The number of benzene rings is 2. The number of rotatable bonds is 4. The molecule has 1 aliphatic heterocycles. The van der Waals surface area contributed by atoms with Crippen LogP contribution in [0.15, 0.2) is 59.0 Å². The molecule has 0 unspecified atom stereocenters. The van der Waals surface area contributed by atoms with Gasteiger partial charge in [0.2, 0.25) is 0 Å². The van der Waals surface area contributed by atoms with Gasteiger partial charge in [-0.2, -0.15) is 0 Å². The van der Waals surface area contributed by atoms with Crippen LogP contribution >= 0.6 is 0 Å². The van der Waals surface area contributed by atoms with Crippen molar-refractivity contribution < 1.29 is 18.3 Å². The molecule has 0 bridgehead atoms. The standard InChI is InChI=1S/C20H17FN2O3/c21-15-6-1-2-7-16(15)23-20(24)18-9-8-17(26-18)14-5-3-4-12-10-13(11-22)25-19(12)14/h1-9,13H,10-11,22H2,(H,23,24)/t13-/m1/s1. The molecule has 0 saturated heterocycles. The molecular weight excluding hydrogens is 335 g/mol. The molecule has 2 heterocycles. The third kappa shape index (κ3) is 2.95. The Balaban J connectivity index is 1.59. The van der Waals surface area contributed by atoms with Gasteiger partial charge in [0.1, 0.15) is 23.4 Å². The number of carbonyl (C=O) groups is 1. The van der Waals surface area contributed by atoms with Gasteiger partial charge in [0, 0.05) is 13.0 Å². The van der Waals surface area contributed by atoms with Crippen LogP contribution in [0.3, 0.4) is 0 Å². The number of amides is 1. The van der Waals surface area contributed by atoms with Crippen molar-refractivity contribution in [3.8, 4) is 17.1 Å². The molecule has 4 rings (SSSR count). The Morgan fingerprint density at radius 3 is 2.81 bits per heavy atom. The maximum Gasteiger partial charge on any atom is 0.291 e. The molecule has 0 saturated carbocycles. The monoisotopic (exact) mass is 352 g/mol. The summed E-state index contributed by atoms with van der Waals surface area (Å²) in [5.74, 6) is 0.315. The predicted octanol–water partition coefficient (Wildman–Crippen LogP) is 3.60. The molecule has 26 heavy (non-hydrogen) atoms. The van der Waals surface area contributed by atoms with E-state index in [0.717, 1.165) is 23.3 Å². The Hall–Kier alpha value is -3.12. The highest BCUT2D eigenvalue weighted by Gasteiger charge is 2.26. The minimum absolute atomic E-state index is 0.0510. The number of hydrogen-bond donors (Lipinski definition) is 2. The van der Waals surface area contributed by atoms with Gasteiger partial charge in [-0.05, 0) is 35.9 Å². The molecule has 0 aliphatic carbocycles. The van der Waals surface area contributed by atoms with Crippen molar-refractivity contribution in [3.63, 3.8) is 0 Å². The lowest BCUT2D eigenvalue weighted by molar-refractivity contribution is 0.0997. The Morgan fingerprint density at radius 1 is 1.15 bits per heavy atom. The van der Waals surface area contributed by atoms with Crippen molar-refractivity contribution in [1.29, 1.82) is 0 Å². The Kier molecular flexibility index (Phi) is 4.18. The molecule has 0 radical (unpaired) electrons. The summed E-state index contributed by atoms with van der Waals surface area (Å²) in [6, 6.07) is 15.0. The summed E-state index contributed by atoms with van der Waals surface area (Å²) < 4.78 is 25.3. The van der Waals surface area contributed by atoms with Gasteiger partial charge in [0.15, 0.2) is 5.76 Å². The van der Waals surface area contributed by atoms with Crippen molar-refractivity contribution in [2.75, 3.05) is 11.9 Å². The first-order chi connectivity index (χ1) is 12.7. The average molecular weight is 352 g/mol. The number of nitrogens with two attached hydrogens (primary N) is 1. The molecule has 6 heteroatoms. The van der Waals surface area contributed by atoms with Gasteiger partial charge in [0.05, 0.1) is 11.3 Å². The Bertz CT molecular complexity index is 967. The number of furan rings is 1. The van der Waals surface area contributed by atoms with Crippen molar-refractivity contribution in [2.45, 2.75) is 12.5 Å². The zero-order valence-electron chi connectivity index (χ0n) is 13.9. The van der Waals surface area contributed by atoms with Crippen molar-refractivity contribution in [3.05, 3.63) is 71.7 Å². The molecule has 2 aromatic carbocycles. The van der Waals surface area contributed by atoms with Crippen molar-refractivity contribution >= 4 is 11.6 Å². The molecule has 1 aromatic heterocycles. The minimum Gasteiger partial charge on any atom is -0.488 e. The van der Waals surface area contributed by atoms with E-state index in [0.29, 0.717) is 12.3 Å². The highest BCUT2D eigenvalue weighted by atomic mass is 19.1. The molecule has 0 fully saturated rings. The van der Waals surface area contributed by atoms with Crippen LogP contribution in [-0.4, -0.2) is 18.6 Å². The number of ether oxygens (including phenoxy) is 1. The smallest absolute Gasteiger partial charge is 0.291 e. The average Bonchev–Trinajstić information content (AvgIpc) is 3.30. The number of hydrogen-bond acceptors (Lipinski definition) is 4. The summed E-state index contributed by atoms with van der Waals surface area (Å²) in [5, 5.41) is 2.50. The van der Waals surface area contributed by atoms with E-state index < -0.39 is 11.7 Å². The number of halogens is 1. The first-order valence-corrected chi connectivity index (χ1v) is 8.30. The summed E-state index contributed by atoms with van der Waals surface area (Å²) in [7, 11) is 0. The van der Waals surface area contributed by atoms with Crippen LogP contribution in [0.25, 0.3) is 11.3 Å². The number of carbonyl (C=O) groups excluding carboxylic acids is 1. The first kappa shape index (κ1) is 16.4. The van der Waals surface area contributed by atoms with Gasteiger partial charge < -0.3 is 20.2 Å². The van der Waals surface area contributed by atoms with E-state index in [4.69, 9.17) is 14.9 Å². The van der Waals surface area contributed by atoms with E-state index in [2.05, 4.69) is 5.32 Å². The largest absolute Gasteiger partial charge is 0.488 e. The van der Waals surface area contributed by atoms with Gasteiger partial charge in [-0.1, -0.05) is 24.3 Å². The van der Waals surface area contributed by atoms with Crippen molar-refractivity contribution in [2.24, 2.45) is 5.73 Å². The molecule has 1 aliphatic rings. The fourth-order valence-corrected chi connectivity index (χ4v) is 3.02. The lowest BCUT2D eigenvalue weighted by atomic mass is 10.1. The van der Waals surface area contributed by atoms with E-state index in [1.807, 2.05) is 18.2 Å². The maximum absolute atomic E-state index is 13.7. The maximum atomic E-state index is 13.7. The Labute approximate surface area is 149 Å². The van der Waals surface area contributed by atoms with Crippen LogP contribution in [0.4, 0.5) is 10.1 Å². The van der Waals surface area contributed by atoms with Crippen LogP contribution in [-0.2, 0) is 6.42 Å². The lowest BCUT2D eigenvalue weighted by Crippen LogP contribution is -2.24. The third-order valence-electron chi connectivity index (χ3n) is 4.31. The van der Waals surface area contributed by atoms with Crippen LogP contribution in [0, 0.1) is 5.82 Å². The zero-order valence-corrected chi connectivity index (χ0v) is 13.9. The fourth-order valence-electron chi connectivity index (χ4n) is 3.02. The third-order valence-corrected chi connectivity index (χ3v) is 4.31. The summed E-state index contributed by atoms with van der Waals surface area (Å²) in [5.41, 5.74) is 7.63. The molecule has 0 spiro atoms. The van der Waals surface area contributed by atoms with Gasteiger partial charge in [-0.15, -0.1) is 0 Å². The minimum atomic E-state index is -0.519. The van der Waals surface area contributed by atoms with E-state index in [9.17, 15) is 9.18 Å². The topological polar surface area (TPSA) is 77.5 Å². The molecule has 3 N–H and O–H groups in total. The number of nitrogens with one attached hydrogen (secondary N) is 1. The van der Waals surface area contributed by atoms with Gasteiger partial charge in [-0.25, -0.2) is 4.39 Å². The molecule has 1 amide bonds. The highest BCUT2D eigenvalue weighted by molar-refractivity contribution is 6.02. The molecule has 5 nitrogen and oxygen atoms in total. The summed E-state index contributed by atoms with van der Waals surface area (Å²) in [6.07, 6.45) is 0.700. The summed E-state index contributed by atoms with van der Waals surface area (Å²) >= 11 is 0. The molecule has 3 aromatic rings. The first-order valence-electron chi connectivity index (χ1n) is 8.30. The predicted molar refractivity (Wildman–Crippen MR) is 95.7 cm³/mol. The molecular formula is C20H17FN2O3. The number of fused-ring (bicyclic) bond motifs is 1. The Morgan fingerprint density at radius 2 is 2.00 bits per heavy atom. The van der Waals surface area contributed by atoms with Crippen LogP contribution < -0.4 is 15.8 Å². The van der Waals surface area contributed by atoms with Crippen molar-refractivity contribution in [1.82, 2.24) is 0 Å². The van der Waals surface area contributed by atoms with Crippen LogP contribution in [0.2, 0.25) is 0 Å². The summed E-state index contributed by atoms with van der Waals surface area (Å²) in [6.45, 7) is 0.433. The number of para-hydroxylation sites is 2. The van der Waals surface area contributed by atoms with E-state index in [-0.39, 0.29) is 17.6 Å². The SMILES string of the molecule is NC[C@H]1Cc2cccc(-c3ccc(C(=O)Nc4ccccc4F)o3)c2O1. The van der Waals surface area contributed by atoms with Crippen LogP contribution in [0.1, 0.15) is 16.1 Å². The van der Waals surface area contributed by atoms with E-state index >= 15 is 0 Å². The summed E-state index contributed by atoms with van der Waals surface area (Å²) in [4.78, 5) is 12.3. The highest BCUT2D eigenvalue weighted by Crippen LogP contribution is 2.39. The molecule has 1 atom stereocenters. The normalized spacial score (nSPS) is 15.4. The van der Waals surface area contributed by atoms with Crippen LogP contribution in [0.5, 0.6) is 5.75 Å². The van der Waals surface area contributed by atoms with Gasteiger partial charge >= 0.3 is 0 Å². The quantitative estimate of drug-likeness (QED) is 0.752. The van der Waals surface area contributed by atoms with Gasteiger partial charge in [0.25, 0.3) is 5.91 Å². The zero-order chi connectivity index (χ0) is 18.1. The second kappa shape index (κ2) is 6.65. The second-order valence-corrected chi connectivity index (χ2v) is 6.07. The van der Waals surface area contributed by atoms with E-state index in [1.165, 1.54) is 12.1 Å².